The number of carboxylic acid groups (broad SMARTS) is 3. The Balaban J connectivity index is 0.000000217. The smallest absolute Gasteiger partial charge is 0.326 e. The Bertz CT molecular complexity index is 4410. The lowest BCUT2D eigenvalue weighted by atomic mass is 9.79. The number of nitrogens with zero attached hydrogens (tertiary/aromatic N) is 3. The van der Waals surface area contributed by atoms with Gasteiger partial charge in [-0.1, -0.05) is 166 Å². The molecule has 7 amide bonds. The van der Waals surface area contributed by atoms with Crippen molar-refractivity contribution >= 4 is 129 Å². The molecule has 0 unspecified atom stereocenters. The minimum atomic E-state index is -1.64. The van der Waals surface area contributed by atoms with Gasteiger partial charge in [-0.2, -0.15) is 0 Å². The maximum absolute atomic E-state index is 13.6. The largest absolute Gasteiger partial charge is 0.489 e. The van der Waals surface area contributed by atoms with Crippen molar-refractivity contribution in [2.75, 3.05) is 32.8 Å². The number of likely N-dealkylation sites (tertiary alicyclic amines) is 3. The van der Waals surface area contributed by atoms with Gasteiger partial charge >= 0.3 is 17.9 Å². The van der Waals surface area contributed by atoms with E-state index < -0.39 is 112 Å². The summed E-state index contributed by atoms with van der Waals surface area (Å²) in [6.45, 7) is 11.3. The van der Waals surface area contributed by atoms with E-state index in [1.54, 1.807) is 174 Å². The summed E-state index contributed by atoms with van der Waals surface area (Å²) in [4.78, 5) is 133. The third-order valence-electron chi connectivity index (χ3n) is 22.0. The molecule has 11 N–H and O–H groups in total. The number of carbonyl (C=O) groups is 10. The Morgan fingerprint density at radius 2 is 0.741 bits per heavy atom. The number of aliphatic hydroxyl groups excluding tert-OH is 3. The number of primary amides is 1. The van der Waals surface area contributed by atoms with E-state index in [2.05, 4.69) is 16.0 Å². The van der Waals surface area contributed by atoms with E-state index in [9.17, 15) is 78.6 Å². The lowest BCUT2D eigenvalue weighted by molar-refractivity contribution is -0.157. The van der Waals surface area contributed by atoms with Crippen molar-refractivity contribution in [3.63, 3.8) is 0 Å². The number of halogens is 6. The Morgan fingerprint density at radius 3 is 1.01 bits per heavy atom. The van der Waals surface area contributed by atoms with Crippen LogP contribution in [0, 0.1) is 16.2 Å². The molecule has 6 aromatic rings. The molecule has 10 rings (SSSR count). The average Bonchev–Trinajstić information content (AvgIpc) is 1.52. The fourth-order valence-corrected chi connectivity index (χ4v) is 16.0. The molecule has 33 heteroatoms. The molecule has 2 bridgehead atoms. The Kier molecular flexibility index (Phi) is 33.4. The SMILES string of the molecule is CCC(CC)(C(=O)N[C@@H](Cc1ccc(OCc2c(Cl)cccc2Cl)cc1)C(=O)O)C(=O)N1C[C@@H](O)[C@@H](O)C1.CCC(CC)(C(=O)N[C@@H](Cc1ccc(OCc2c(Cl)cccc2Cl)cc1)C(=O)O)C(=O)N1C[C@@H]2C[C@H]1CO2.CCC(CC)(C(=O)N[C@@H](Cc1ccc(OCc2c(Cl)cccc2Cl)cc1)C(=O)O)C(=O)N1C[C@H](O)C[C@@H]1C(N)=O. The molecule has 4 fully saturated rings. The molecule has 0 radical (unpaired) electrons. The van der Waals surface area contributed by atoms with Crippen LogP contribution in [-0.4, -0.2) is 192 Å². The van der Waals surface area contributed by atoms with Gasteiger partial charge in [-0.25, -0.2) is 14.4 Å². The van der Waals surface area contributed by atoms with E-state index in [1.807, 2.05) is 0 Å². The minimum Gasteiger partial charge on any atom is -0.489 e. The summed E-state index contributed by atoms with van der Waals surface area (Å²) in [6.07, 6.45) is -1.45. The van der Waals surface area contributed by atoms with Crippen molar-refractivity contribution in [3.05, 3.63) is 191 Å². The van der Waals surface area contributed by atoms with Crippen LogP contribution in [0.5, 0.6) is 17.2 Å². The summed E-state index contributed by atoms with van der Waals surface area (Å²) in [5.74, 6) is -6.36. The van der Waals surface area contributed by atoms with E-state index >= 15 is 0 Å². The fraction of sp³-hybridized carbons (Fsp3) is 0.446. The first kappa shape index (κ1) is 92.5. The van der Waals surface area contributed by atoms with Crippen LogP contribution in [0.1, 0.15) is 126 Å². The second kappa shape index (κ2) is 41.9. The van der Waals surface area contributed by atoms with Gasteiger partial charge in [0.1, 0.15) is 77.5 Å². The van der Waals surface area contributed by atoms with Gasteiger partial charge in [0.25, 0.3) is 0 Å². The third-order valence-corrected chi connectivity index (χ3v) is 24.1. The maximum atomic E-state index is 13.6. The summed E-state index contributed by atoms with van der Waals surface area (Å²) in [7, 11) is 0. The van der Waals surface area contributed by atoms with Crippen LogP contribution < -0.4 is 35.9 Å². The molecule has 6 aromatic carbocycles. The summed E-state index contributed by atoms with van der Waals surface area (Å²) in [5, 5.41) is 69.9. The van der Waals surface area contributed by atoms with E-state index in [0.717, 1.165) is 11.3 Å². The van der Waals surface area contributed by atoms with Gasteiger partial charge in [-0.3, -0.25) is 33.6 Å². The van der Waals surface area contributed by atoms with Crippen molar-refractivity contribution in [3.8, 4) is 17.2 Å². The Hall–Kier alpha value is -9.00. The van der Waals surface area contributed by atoms with Crippen LogP contribution in [-0.2, 0) is 91.8 Å². The zero-order valence-corrected chi connectivity index (χ0v) is 69.4. The van der Waals surface area contributed by atoms with Crippen LogP contribution in [0.4, 0.5) is 0 Å². The predicted octanol–water partition coefficient (Wildman–Crippen LogP) is 10.5. The normalized spacial score (nSPS) is 18.4. The second-order valence-electron chi connectivity index (χ2n) is 28.9. The number of ether oxygens (including phenoxy) is 4. The van der Waals surface area contributed by atoms with Gasteiger partial charge < -0.3 is 86.0 Å². The van der Waals surface area contributed by atoms with Crippen molar-refractivity contribution in [2.45, 2.75) is 187 Å². The number of benzene rings is 6. The number of β-amino-alcohol motifs (C(OH)–C–C–N with tert-alkyl or cyclic N) is 3. The second-order valence-corrected chi connectivity index (χ2v) is 31.3. The predicted molar refractivity (Wildman–Crippen MR) is 434 cm³/mol. The highest BCUT2D eigenvalue weighted by molar-refractivity contribution is 6.37. The molecule has 4 aliphatic rings. The maximum Gasteiger partial charge on any atom is 0.326 e. The molecule has 0 aliphatic carbocycles. The number of nitrogens with one attached hydrogen (secondary N) is 3. The van der Waals surface area contributed by atoms with E-state index in [1.165, 1.54) is 4.90 Å². The van der Waals surface area contributed by atoms with Gasteiger partial charge in [-0.15, -0.1) is 0 Å². The fourth-order valence-electron chi connectivity index (χ4n) is 14.5. The average molecular weight is 1730 g/mol. The van der Waals surface area contributed by atoms with Gasteiger partial charge in [0, 0.05) is 98.7 Å². The Morgan fingerprint density at radius 1 is 0.440 bits per heavy atom. The molecular weight excluding hydrogens is 1630 g/mol. The van der Waals surface area contributed by atoms with Gasteiger partial charge in [0.2, 0.25) is 41.4 Å². The Labute approximate surface area is 702 Å². The molecule has 4 heterocycles. The van der Waals surface area contributed by atoms with E-state index in [0.29, 0.717) is 93.9 Å². The molecule has 0 saturated carbocycles. The molecule has 4 aliphatic heterocycles. The number of hydrogen-bond donors (Lipinski definition) is 10. The first-order valence-electron chi connectivity index (χ1n) is 38.0. The number of morpholine rings is 1. The number of hydrogen-bond acceptors (Lipinski definition) is 17. The zero-order chi connectivity index (χ0) is 85.1. The number of fused-ring (bicyclic) bond motifs is 2. The topological polar surface area (TPSA) is 401 Å². The van der Waals surface area contributed by atoms with E-state index in [-0.39, 0.29) is 122 Å². The molecule has 0 spiro atoms. The molecule has 626 valence electrons. The van der Waals surface area contributed by atoms with Gasteiger partial charge in [0.15, 0.2) is 0 Å². The molecule has 0 aromatic heterocycles. The summed E-state index contributed by atoms with van der Waals surface area (Å²) >= 11 is 37.1. The van der Waals surface area contributed by atoms with Crippen LogP contribution in [0.3, 0.4) is 0 Å². The third kappa shape index (κ3) is 22.4. The van der Waals surface area contributed by atoms with Crippen molar-refractivity contribution in [1.29, 1.82) is 0 Å². The standard InChI is InChI=1S/C28H33Cl2N3O7.C28H32Cl2N2O6.C27H32Cl2N2O7/c1-3-28(4-2,27(39)33-14-17(34)13-23(33)24(31)35)26(38)32-22(25(36)37)12-16-8-10-18(11-9-16)40-15-19-20(29)6-5-7-21(19)30;1-3-28(4-2,27(36)32-14-20-13-18(32)15-37-20)26(35)31-24(25(33)34)12-17-8-10-19(11-9-17)38-16-21-22(29)6-5-7-23(21)30;1-3-27(4-2,26(37)31-13-22(32)23(33)14-31)25(36)30-21(24(34)35)12-16-8-10-17(11-9-16)38-15-18-19(28)6-5-7-20(18)29/h5-11,17,22-23,34H,3-4,12-15H2,1-2H3,(H2,31,35)(H,32,38)(H,36,37);5-11,18,20,24H,3-4,12-16H2,1-2H3,(H,31,35)(H,33,34);5-11,21-23,32-33H,3-4,12-15H2,1-2H3,(H,30,36)(H,34,35)/t17-,22+,23-;18-,20-,24-;21-,22-,23+/m100/s1. The molecular formula is C83H97Cl6N7O20. The quantitative estimate of drug-likeness (QED) is 0.0168. The number of carbonyl (C=O) groups excluding carboxylic acids is 7. The number of rotatable bonds is 34. The monoisotopic (exact) mass is 1720 g/mol. The van der Waals surface area contributed by atoms with Crippen molar-refractivity contribution in [1.82, 2.24) is 30.7 Å². The first-order chi connectivity index (χ1) is 55.1. The summed E-state index contributed by atoms with van der Waals surface area (Å²) in [5.41, 5.74) is 4.85. The van der Waals surface area contributed by atoms with Crippen LogP contribution in [0.15, 0.2) is 127 Å². The molecule has 27 nitrogen and oxygen atoms in total. The van der Waals surface area contributed by atoms with E-state index in [4.69, 9.17) is 94.3 Å². The van der Waals surface area contributed by atoms with Crippen LogP contribution in [0.25, 0.3) is 0 Å². The highest BCUT2D eigenvalue weighted by Gasteiger charge is 2.54. The lowest BCUT2D eigenvalue weighted by Gasteiger charge is -2.37. The van der Waals surface area contributed by atoms with Crippen molar-refractivity contribution < 1.29 is 97.5 Å². The number of aliphatic carboxylic acids is 3. The van der Waals surface area contributed by atoms with Crippen molar-refractivity contribution in [2.24, 2.45) is 22.0 Å². The number of amides is 7. The summed E-state index contributed by atoms with van der Waals surface area (Å²) in [6, 6.07) is 31.0. The molecule has 116 heavy (non-hydrogen) atoms. The highest BCUT2D eigenvalue weighted by Crippen LogP contribution is 2.39. The minimum absolute atomic E-state index is 0.0128. The number of aliphatic hydroxyl groups is 3. The lowest BCUT2D eigenvalue weighted by Crippen LogP contribution is -2.58. The zero-order valence-electron chi connectivity index (χ0n) is 64.8. The van der Waals surface area contributed by atoms with Crippen LogP contribution >= 0.6 is 69.6 Å². The number of carboxylic acids is 3. The van der Waals surface area contributed by atoms with Gasteiger partial charge in [0.05, 0.1) is 37.1 Å². The summed E-state index contributed by atoms with van der Waals surface area (Å²) < 4.78 is 22.9. The highest BCUT2D eigenvalue weighted by atomic mass is 35.5. The molecule has 9 atom stereocenters. The number of nitrogens with two attached hydrogens (primary N) is 1. The van der Waals surface area contributed by atoms with Gasteiger partial charge in [-0.05, 0) is 134 Å². The van der Waals surface area contributed by atoms with Crippen LogP contribution in [0.2, 0.25) is 30.1 Å². The first-order valence-corrected chi connectivity index (χ1v) is 40.3. The molecule has 4 saturated heterocycles.